The predicted octanol–water partition coefficient (Wildman–Crippen LogP) is 3.84. The van der Waals surface area contributed by atoms with Gasteiger partial charge in [0.15, 0.2) is 0 Å². The molecule has 1 aromatic carbocycles. The van der Waals surface area contributed by atoms with Crippen LogP contribution in [0.1, 0.15) is 34.1 Å². The van der Waals surface area contributed by atoms with Crippen LogP contribution in [0.25, 0.3) is 0 Å². The average molecular weight is 266 g/mol. The summed E-state index contributed by atoms with van der Waals surface area (Å²) in [7, 11) is 0. The molecule has 19 heavy (non-hydrogen) atoms. The fraction of sp³-hybridized carbons (Fsp3) is 0.571. The van der Waals surface area contributed by atoms with Gasteiger partial charge in [-0.15, -0.1) is 0 Å². The number of nitro benzene ring substituents is 1. The minimum absolute atomic E-state index is 0.0442. The molecule has 0 aliphatic rings. The number of hydrogen-bond acceptors (Lipinski definition) is 4. The van der Waals surface area contributed by atoms with Crippen LogP contribution in [0.15, 0.2) is 18.2 Å². The number of anilines is 1. The van der Waals surface area contributed by atoms with E-state index in [4.69, 9.17) is 4.74 Å². The van der Waals surface area contributed by atoms with Crippen molar-refractivity contribution in [1.29, 1.82) is 0 Å². The van der Waals surface area contributed by atoms with Gasteiger partial charge in [0.2, 0.25) is 0 Å². The summed E-state index contributed by atoms with van der Waals surface area (Å²) in [5.74, 6) is 0.522. The van der Waals surface area contributed by atoms with Gasteiger partial charge < -0.3 is 10.1 Å². The molecule has 0 spiro atoms. The molecule has 0 saturated heterocycles. The maximum Gasteiger partial charge on any atom is 0.275 e. The molecular weight excluding hydrogens is 244 g/mol. The molecule has 5 heteroatoms. The molecule has 1 aromatic rings. The lowest BCUT2D eigenvalue weighted by Crippen LogP contribution is -2.22. The zero-order valence-electron chi connectivity index (χ0n) is 12.0. The van der Waals surface area contributed by atoms with Crippen LogP contribution in [0.4, 0.5) is 11.4 Å². The van der Waals surface area contributed by atoms with Gasteiger partial charge in [0, 0.05) is 24.4 Å². The van der Waals surface area contributed by atoms with Crippen LogP contribution in [0.2, 0.25) is 0 Å². The zero-order chi connectivity index (χ0) is 14.5. The fourth-order valence-corrected chi connectivity index (χ4v) is 1.51. The first kappa shape index (κ1) is 15.3. The quantitative estimate of drug-likeness (QED) is 0.601. The van der Waals surface area contributed by atoms with Crippen LogP contribution in [-0.4, -0.2) is 18.1 Å². The average Bonchev–Trinajstić information content (AvgIpc) is 2.37. The number of benzene rings is 1. The smallest absolute Gasteiger partial charge is 0.275 e. The Bertz CT molecular complexity index is 444. The Morgan fingerprint density at radius 3 is 2.53 bits per heavy atom. The number of hydrogen-bond donors (Lipinski definition) is 1. The number of nitro groups is 1. The van der Waals surface area contributed by atoms with Gasteiger partial charge in [-0.25, -0.2) is 0 Å². The Balaban J connectivity index is 2.90. The predicted molar refractivity (Wildman–Crippen MR) is 76.8 cm³/mol. The third-order valence-electron chi connectivity index (χ3n) is 3.14. The highest BCUT2D eigenvalue weighted by molar-refractivity contribution is 5.56. The van der Waals surface area contributed by atoms with Gasteiger partial charge in [0.1, 0.15) is 5.75 Å². The summed E-state index contributed by atoms with van der Waals surface area (Å²) in [6.07, 6.45) is 1.03. The van der Waals surface area contributed by atoms with Crippen LogP contribution >= 0.6 is 0 Å². The summed E-state index contributed by atoms with van der Waals surface area (Å²) in [4.78, 5) is 10.5. The second kappa shape index (κ2) is 6.41. The van der Waals surface area contributed by atoms with Crippen LogP contribution in [0.3, 0.4) is 0 Å². The Morgan fingerprint density at radius 2 is 2.00 bits per heavy atom. The Hall–Kier alpha value is -1.78. The first-order valence-corrected chi connectivity index (χ1v) is 6.54. The number of nitrogens with one attached hydrogen (secondary N) is 1. The minimum atomic E-state index is -0.404. The van der Waals surface area contributed by atoms with Crippen molar-refractivity contribution >= 4 is 11.4 Å². The molecule has 0 radical (unpaired) electrons. The molecule has 1 N–H and O–H groups in total. The highest BCUT2D eigenvalue weighted by atomic mass is 16.6. The van der Waals surface area contributed by atoms with E-state index in [1.807, 2.05) is 6.92 Å². The minimum Gasteiger partial charge on any atom is -0.494 e. The van der Waals surface area contributed by atoms with Crippen molar-refractivity contribution in [3.05, 3.63) is 28.3 Å². The van der Waals surface area contributed by atoms with Gasteiger partial charge in [0.25, 0.3) is 5.69 Å². The monoisotopic (exact) mass is 266 g/mol. The Morgan fingerprint density at radius 1 is 1.32 bits per heavy atom. The maximum atomic E-state index is 10.9. The SMILES string of the molecule is CCOc1cc(NCC(C)(C)CC)cc([N+](=O)[O-])c1. The fourth-order valence-electron chi connectivity index (χ4n) is 1.51. The van der Waals surface area contributed by atoms with Gasteiger partial charge in [-0.1, -0.05) is 20.8 Å². The van der Waals surface area contributed by atoms with Gasteiger partial charge in [-0.3, -0.25) is 10.1 Å². The lowest BCUT2D eigenvalue weighted by atomic mass is 9.90. The maximum absolute atomic E-state index is 10.9. The van der Waals surface area contributed by atoms with E-state index in [2.05, 4.69) is 26.1 Å². The summed E-state index contributed by atoms with van der Waals surface area (Å²) >= 11 is 0. The highest BCUT2D eigenvalue weighted by Gasteiger charge is 2.16. The second-order valence-electron chi connectivity index (χ2n) is 5.28. The third kappa shape index (κ3) is 4.77. The molecule has 0 unspecified atom stereocenters. The van der Waals surface area contributed by atoms with Crippen molar-refractivity contribution < 1.29 is 9.66 Å². The normalized spacial score (nSPS) is 11.2. The molecule has 0 saturated carbocycles. The number of rotatable bonds is 7. The molecule has 0 aromatic heterocycles. The summed E-state index contributed by atoms with van der Waals surface area (Å²) < 4.78 is 5.35. The van der Waals surface area contributed by atoms with Crippen molar-refractivity contribution in [2.45, 2.75) is 34.1 Å². The molecule has 1 rings (SSSR count). The molecule has 0 aliphatic heterocycles. The molecule has 106 valence electrons. The van der Waals surface area contributed by atoms with Gasteiger partial charge in [0.05, 0.1) is 17.6 Å². The number of ether oxygens (including phenoxy) is 1. The molecule has 0 fully saturated rings. The van der Waals surface area contributed by atoms with E-state index in [0.29, 0.717) is 12.4 Å². The standard InChI is InChI=1S/C14H22N2O3/c1-5-14(3,4)10-15-11-7-12(16(17)18)9-13(8-11)19-6-2/h7-9,15H,5-6,10H2,1-4H3. The van der Waals surface area contributed by atoms with Crippen LogP contribution < -0.4 is 10.1 Å². The lowest BCUT2D eigenvalue weighted by Gasteiger charge is -2.23. The van der Waals surface area contributed by atoms with Crippen LogP contribution in [-0.2, 0) is 0 Å². The Labute approximate surface area is 114 Å². The van der Waals surface area contributed by atoms with Crippen LogP contribution in [0.5, 0.6) is 5.75 Å². The molecule has 0 heterocycles. The van der Waals surface area contributed by atoms with E-state index in [1.54, 1.807) is 6.07 Å². The van der Waals surface area contributed by atoms with E-state index < -0.39 is 4.92 Å². The summed E-state index contributed by atoms with van der Waals surface area (Å²) in [6, 6.07) is 4.77. The van der Waals surface area contributed by atoms with Crippen molar-refractivity contribution in [1.82, 2.24) is 0 Å². The van der Waals surface area contributed by atoms with E-state index in [1.165, 1.54) is 12.1 Å². The molecular formula is C14H22N2O3. The highest BCUT2D eigenvalue weighted by Crippen LogP contribution is 2.27. The summed E-state index contributed by atoms with van der Waals surface area (Å²) in [5, 5.41) is 14.1. The van der Waals surface area contributed by atoms with Crippen molar-refractivity contribution in [2.75, 3.05) is 18.5 Å². The molecule has 0 atom stereocenters. The first-order valence-electron chi connectivity index (χ1n) is 6.54. The molecule has 0 aliphatic carbocycles. The van der Waals surface area contributed by atoms with Crippen LogP contribution in [0, 0.1) is 15.5 Å². The first-order chi connectivity index (χ1) is 8.88. The van der Waals surface area contributed by atoms with E-state index in [-0.39, 0.29) is 11.1 Å². The zero-order valence-corrected chi connectivity index (χ0v) is 12.0. The van der Waals surface area contributed by atoms with Gasteiger partial charge in [-0.05, 0) is 18.8 Å². The van der Waals surface area contributed by atoms with Gasteiger partial charge >= 0.3 is 0 Å². The summed E-state index contributed by atoms with van der Waals surface area (Å²) in [6.45, 7) is 9.53. The topological polar surface area (TPSA) is 64.4 Å². The molecule has 0 amide bonds. The Kier molecular flexibility index (Phi) is 5.15. The number of nitrogens with zero attached hydrogens (tertiary/aromatic N) is 1. The van der Waals surface area contributed by atoms with E-state index in [0.717, 1.165) is 18.7 Å². The molecule has 0 bridgehead atoms. The molecule has 5 nitrogen and oxygen atoms in total. The largest absolute Gasteiger partial charge is 0.494 e. The van der Waals surface area contributed by atoms with Crippen molar-refractivity contribution in [3.63, 3.8) is 0 Å². The van der Waals surface area contributed by atoms with Gasteiger partial charge in [-0.2, -0.15) is 0 Å². The third-order valence-corrected chi connectivity index (χ3v) is 3.14. The lowest BCUT2D eigenvalue weighted by molar-refractivity contribution is -0.384. The van der Waals surface area contributed by atoms with Crippen molar-refractivity contribution in [2.24, 2.45) is 5.41 Å². The number of non-ortho nitro benzene ring substituents is 1. The second-order valence-corrected chi connectivity index (χ2v) is 5.28. The van der Waals surface area contributed by atoms with E-state index >= 15 is 0 Å². The van der Waals surface area contributed by atoms with Crippen molar-refractivity contribution in [3.8, 4) is 5.75 Å². The summed E-state index contributed by atoms with van der Waals surface area (Å²) in [5.41, 5.74) is 0.915. The van der Waals surface area contributed by atoms with E-state index in [9.17, 15) is 10.1 Å².